The highest BCUT2D eigenvalue weighted by atomic mass is 79.9. The molecule has 0 aromatic heterocycles. The second kappa shape index (κ2) is 7.39. The van der Waals surface area contributed by atoms with Gasteiger partial charge in [0.25, 0.3) is 0 Å². The van der Waals surface area contributed by atoms with E-state index in [0.29, 0.717) is 5.25 Å². The van der Waals surface area contributed by atoms with Gasteiger partial charge in [-0.05, 0) is 44.3 Å². The first-order valence-corrected chi connectivity index (χ1v) is 7.83. The summed E-state index contributed by atoms with van der Waals surface area (Å²) < 4.78 is 14.5. The zero-order valence-corrected chi connectivity index (χ0v) is 12.9. The third-order valence-electron chi connectivity index (χ3n) is 2.83. The summed E-state index contributed by atoms with van der Waals surface area (Å²) in [7, 11) is 0. The molecule has 0 fully saturated rings. The van der Waals surface area contributed by atoms with Crippen molar-refractivity contribution in [1.82, 2.24) is 5.32 Å². The SMILES string of the molecule is CSC(C)CCNC(C)c1cc(Br)ccc1F. The minimum Gasteiger partial charge on any atom is -0.310 e. The van der Waals surface area contributed by atoms with Crippen molar-refractivity contribution in [3.63, 3.8) is 0 Å². The van der Waals surface area contributed by atoms with Crippen LogP contribution in [0.1, 0.15) is 31.9 Å². The van der Waals surface area contributed by atoms with Crippen molar-refractivity contribution in [3.8, 4) is 0 Å². The van der Waals surface area contributed by atoms with E-state index < -0.39 is 0 Å². The highest BCUT2D eigenvalue weighted by molar-refractivity contribution is 9.10. The number of halogens is 2. The number of benzene rings is 1. The van der Waals surface area contributed by atoms with Gasteiger partial charge in [-0.1, -0.05) is 22.9 Å². The van der Waals surface area contributed by atoms with Crippen LogP contribution in [0, 0.1) is 5.82 Å². The Balaban J connectivity index is 2.52. The fraction of sp³-hybridized carbons (Fsp3) is 0.538. The summed E-state index contributed by atoms with van der Waals surface area (Å²) in [5, 5.41) is 4.00. The van der Waals surface area contributed by atoms with Crippen LogP contribution in [-0.4, -0.2) is 18.1 Å². The van der Waals surface area contributed by atoms with Crippen molar-refractivity contribution in [2.75, 3.05) is 12.8 Å². The van der Waals surface area contributed by atoms with Crippen LogP contribution in [0.15, 0.2) is 22.7 Å². The van der Waals surface area contributed by atoms with E-state index in [1.54, 1.807) is 6.07 Å². The van der Waals surface area contributed by atoms with E-state index in [1.165, 1.54) is 6.07 Å². The third-order valence-corrected chi connectivity index (χ3v) is 4.36. The summed E-state index contributed by atoms with van der Waals surface area (Å²) in [5.41, 5.74) is 0.719. The normalized spacial score (nSPS) is 14.6. The molecule has 4 heteroatoms. The van der Waals surface area contributed by atoms with Crippen molar-refractivity contribution in [2.24, 2.45) is 0 Å². The lowest BCUT2D eigenvalue weighted by Crippen LogP contribution is -2.22. The van der Waals surface area contributed by atoms with Crippen LogP contribution in [0.5, 0.6) is 0 Å². The Kier molecular flexibility index (Phi) is 6.52. The van der Waals surface area contributed by atoms with Crippen molar-refractivity contribution < 1.29 is 4.39 Å². The molecule has 0 heterocycles. The molecule has 0 aliphatic heterocycles. The summed E-state index contributed by atoms with van der Waals surface area (Å²) in [5.74, 6) is -0.147. The van der Waals surface area contributed by atoms with Crippen LogP contribution in [0.2, 0.25) is 0 Å². The molecule has 1 rings (SSSR count). The summed E-state index contributed by atoms with van der Waals surface area (Å²) in [4.78, 5) is 0. The number of hydrogen-bond acceptors (Lipinski definition) is 2. The van der Waals surface area contributed by atoms with Gasteiger partial charge in [0.05, 0.1) is 0 Å². The molecule has 1 N–H and O–H groups in total. The lowest BCUT2D eigenvalue weighted by atomic mass is 10.1. The molecule has 0 saturated heterocycles. The fourth-order valence-electron chi connectivity index (χ4n) is 1.58. The second-order valence-electron chi connectivity index (χ2n) is 4.18. The first-order chi connectivity index (χ1) is 8.04. The van der Waals surface area contributed by atoms with Gasteiger partial charge in [-0.25, -0.2) is 4.39 Å². The van der Waals surface area contributed by atoms with Crippen LogP contribution >= 0.6 is 27.7 Å². The lowest BCUT2D eigenvalue weighted by Gasteiger charge is -2.16. The first kappa shape index (κ1) is 15.0. The Morgan fingerprint density at radius 1 is 1.41 bits per heavy atom. The number of nitrogens with one attached hydrogen (secondary N) is 1. The summed E-state index contributed by atoms with van der Waals surface area (Å²) in [6.07, 6.45) is 3.21. The predicted molar refractivity (Wildman–Crippen MR) is 78.1 cm³/mol. The number of hydrogen-bond donors (Lipinski definition) is 1. The zero-order chi connectivity index (χ0) is 12.8. The van der Waals surface area contributed by atoms with E-state index >= 15 is 0 Å². The molecule has 0 saturated carbocycles. The van der Waals surface area contributed by atoms with Crippen LogP contribution < -0.4 is 5.32 Å². The van der Waals surface area contributed by atoms with E-state index in [2.05, 4.69) is 34.4 Å². The fourth-order valence-corrected chi connectivity index (χ4v) is 2.31. The van der Waals surface area contributed by atoms with Gasteiger partial charge in [0, 0.05) is 21.3 Å². The van der Waals surface area contributed by atoms with Crippen LogP contribution in [0.4, 0.5) is 4.39 Å². The molecule has 2 unspecified atom stereocenters. The summed E-state index contributed by atoms with van der Waals surface area (Å²) in [6.45, 7) is 5.11. The number of rotatable bonds is 6. The third kappa shape index (κ3) is 4.98. The van der Waals surface area contributed by atoms with Crippen LogP contribution in [0.3, 0.4) is 0 Å². The summed E-state index contributed by atoms with van der Waals surface area (Å²) >= 11 is 5.23. The van der Waals surface area contributed by atoms with Gasteiger partial charge in [0.2, 0.25) is 0 Å². The smallest absolute Gasteiger partial charge is 0.128 e. The van der Waals surface area contributed by atoms with Crippen molar-refractivity contribution in [3.05, 3.63) is 34.1 Å². The highest BCUT2D eigenvalue weighted by Crippen LogP contribution is 2.21. The minimum atomic E-state index is -0.147. The number of thioether (sulfide) groups is 1. The van der Waals surface area contributed by atoms with Gasteiger partial charge in [-0.2, -0.15) is 11.8 Å². The van der Waals surface area contributed by atoms with Gasteiger partial charge in [0.1, 0.15) is 5.82 Å². The Morgan fingerprint density at radius 2 is 2.12 bits per heavy atom. The lowest BCUT2D eigenvalue weighted by molar-refractivity contribution is 0.521. The van der Waals surface area contributed by atoms with E-state index in [9.17, 15) is 4.39 Å². The first-order valence-electron chi connectivity index (χ1n) is 5.75. The molecule has 0 spiro atoms. The molecule has 0 radical (unpaired) electrons. The van der Waals surface area contributed by atoms with E-state index in [1.807, 2.05) is 24.8 Å². The largest absolute Gasteiger partial charge is 0.310 e. The molecular formula is C13H19BrFNS. The van der Waals surface area contributed by atoms with Crippen LogP contribution in [0.25, 0.3) is 0 Å². The maximum atomic E-state index is 13.6. The Bertz CT molecular complexity index is 359. The summed E-state index contributed by atoms with van der Waals surface area (Å²) in [6, 6.07) is 5.11. The topological polar surface area (TPSA) is 12.0 Å². The van der Waals surface area contributed by atoms with Crippen LogP contribution in [-0.2, 0) is 0 Å². The van der Waals surface area contributed by atoms with Crippen molar-refractivity contribution in [2.45, 2.75) is 31.6 Å². The molecular weight excluding hydrogens is 301 g/mol. The molecule has 2 atom stereocenters. The average Bonchev–Trinajstić information content (AvgIpc) is 2.31. The van der Waals surface area contributed by atoms with E-state index in [0.717, 1.165) is 23.0 Å². The maximum absolute atomic E-state index is 13.6. The van der Waals surface area contributed by atoms with Gasteiger partial charge in [0.15, 0.2) is 0 Å². The second-order valence-corrected chi connectivity index (χ2v) is 6.37. The molecule has 96 valence electrons. The molecule has 17 heavy (non-hydrogen) atoms. The monoisotopic (exact) mass is 319 g/mol. The molecule has 1 aromatic rings. The zero-order valence-electron chi connectivity index (χ0n) is 10.5. The molecule has 1 aromatic carbocycles. The van der Waals surface area contributed by atoms with E-state index in [4.69, 9.17) is 0 Å². The van der Waals surface area contributed by atoms with Crippen molar-refractivity contribution in [1.29, 1.82) is 0 Å². The van der Waals surface area contributed by atoms with Crippen molar-refractivity contribution >= 4 is 27.7 Å². The van der Waals surface area contributed by atoms with Gasteiger partial charge >= 0.3 is 0 Å². The molecule has 0 bridgehead atoms. The van der Waals surface area contributed by atoms with Gasteiger partial charge in [-0.15, -0.1) is 0 Å². The van der Waals surface area contributed by atoms with Gasteiger partial charge < -0.3 is 5.32 Å². The Morgan fingerprint density at radius 3 is 2.76 bits per heavy atom. The highest BCUT2D eigenvalue weighted by Gasteiger charge is 2.11. The quantitative estimate of drug-likeness (QED) is 0.835. The van der Waals surface area contributed by atoms with Gasteiger partial charge in [-0.3, -0.25) is 0 Å². The molecule has 1 nitrogen and oxygen atoms in total. The predicted octanol–water partition coefficient (Wildman–Crippen LogP) is 4.38. The minimum absolute atomic E-state index is 0.0431. The Hall–Kier alpha value is -0.0600. The average molecular weight is 320 g/mol. The molecule has 0 amide bonds. The van der Waals surface area contributed by atoms with E-state index in [-0.39, 0.29) is 11.9 Å². The standard InChI is InChI=1S/C13H19BrFNS/c1-9(17-3)6-7-16-10(2)12-8-11(14)4-5-13(12)15/h4-5,8-10,16H,6-7H2,1-3H3. The molecule has 0 aliphatic rings. The molecule has 0 aliphatic carbocycles. The Labute approximate surface area is 116 Å². The maximum Gasteiger partial charge on any atom is 0.128 e.